The van der Waals surface area contributed by atoms with Crippen LogP contribution in [0.5, 0.6) is 0 Å². The van der Waals surface area contributed by atoms with Crippen LogP contribution >= 0.6 is 7.82 Å². The molecule has 0 aliphatic carbocycles. The number of phosphoric acid groups is 1. The van der Waals surface area contributed by atoms with Crippen LogP contribution in [-0.2, 0) is 4.57 Å². The van der Waals surface area contributed by atoms with Crippen molar-refractivity contribution in [1.82, 2.24) is 0 Å². The van der Waals surface area contributed by atoms with Crippen LogP contribution in [-0.4, -0.2) is 71.6 Å². The standard InChI is InChI=1S/CH2O3.FH.H3O4P.Sr/c2-1(3)4;;1-5(2,3)4;/h(H2,2,3,4);1H;(H3,1,2,3,4);/q;;;+2/p-2. The SMILES string of the molecule is O=C(O)O.O=P([O-])(O)O.[F-].[Sr+2]. The van der Waals surface area contributed by atoms with Gasteiger partial charge in [-0.3, -0.25) is 4.57 Å². The Morgan fingerprint density at radius 1 is 1.27 bits per heavy atom. The Bertz CT molecular complexity index is 118. The maximum absolute atomic E-state index is 8.77. The summed E-state index contributed by atoms with van der Waals surface area (Å²) in [6, 6.07) is 0. The third-order valence-electron chi connectivity index (χ3n) is 0. The summed E-state index contributed by atoms with van der Waals surface area (Å²) in [5.74, 6) is 0. The summed E-state index contributed by atoms with van der Waals surface area (Å²) in [4.78, 5) is 31.5. The second kappa shape index (κ2) is 10.8. The van der Waals surface area contributed by atoms with E-state index in [0.29, 0.717) is 0 Å². The van der Waals surface area contributed by atoms with Gasteiger partial charge in [-0.1, -0.05) is 0 Å². The fourth-order valence-corrected chi connectivity index (χ4v) is 0. The molecule has 0 radical (unpaired) electrons. The van der Waals surface area contributed by atoms with E-state index in [1.54, 1.807) is 0 Å². The molecule has 10 heteroatoms. The quantitative estimate of drug-likeness (QED) is 0.255. The van der Waals surface area contributed by atoms with Crippen LogP contribution in [0.1, 0.15) is 0 Å². The van der Waals surface area contributed by atoms with Gasteiger partial charge in [-0.05, 0) is 0 Å². The van der Waals surface area contributed by atoms with Gasteiger partial charge in [0.25, 0.3) is 7.82 Å². The van der Waals surface area contributed by atoms with Crippen molar-refractivity contribution in [1.29, 1.82) is 0 Å². The fourth-order valence-electron chi connectivity index (χ4n) is 0. The molecule has 11 heavy (non-hydrogen) atoms. The van der Waals surface area contributed by atoms with Crippen LogP contribution in [0.3, 0.4) is 0 Å². The van der Waals surface area contributed by atoms with Gasteiger partial charge in [-0.2, -0.15) is 0 Å². The van der Waals surface area contributed by atoms with E-state index in [1.807, 2.05) is 0 Å². The van der Waals surface area contributed by atoms with Crippen molar-refractivity contribution >= 4 is 59.5 Å². The monoisotopic (exact) mass is 266 g/mol. The molecule has 0 aromatic heterocycles. The Labute approximate surface area is 97.5 Å². The maximum Gasteiger partial charge on any atom is 2.00 e. The summed E-state index contributed by atoms with van der Waals surface area (Å²) in [5.41, 5.74) is 0. The van der Waals surface area contributed by atoms with E-state index in [-0.39, 0.29) is 50.2 Å². The van der Waals surface area contributed by atoms with Crippen molar-refractivity contribution in [2.75, 3.05) is 0 Å². The van der Waals surface area contributed by atoms with E-state index >= 15 is 0 Å². The zero-order valence-corrected chi connectivity index (χ0v) is 9.42. The number of rotatable bonds is 0. The molecule has 0 amide bonds. The minimum atomic E-state index is -4.89. The Kier molecular flexibility index (Phi) is 22.2. The molecule has 0 rings (SSSR count). The van der Waals surface area contributed by atoms with Crippen molar-refractivity contribution in [3.8, 4) is 0 Å². The first-order chi connectivity index (χ1) is 3.73. The van der Waals surface area contributed by atoms with E-state index in [1.165, 1.54) is 0 Å². The molecule has 0 aliphatic heterocycles. The maximum atomic E-state index is 8.77. The second-order valence-electron chi connectivity index (χ2n) is 0.773. The van der Waals surface area contributed by atoms with Crippen molar-refractivity contribution < 1.29 is 39.0 Å². The van der Waals surface area contributed by atoms with Gasteiger partial charge >= 0.3 is 51.6 Å². The predicted octanol–water partition coefficient (Wildman–Crippen LogP) is -4.71. The van der Waals surface area contributed by atoms with E-state index in [9.17, 15) is 0 Å². The van der Waals surface area contributed by atoms with E-state index < -0.39 is 14.0 Å². The molecular weight excluding hydrogens is 262 g/mol. The zero-order valence-electron chi connectivity index (χ0n) is 5.05. The predicted molar refractivity (Wildman–Crippen MR) is 28.5 cm³/mol. The fraction of sp³-hybridized carbons (Fsp3) is 0. The van der Waals surface area contributed by atoms with Gasteiger partial charge in [0.15, 0.2) is 0 Å². The summed E-state index contributed by atoms with van der Waals surface area (Å²) >= 11 is 0. The van der Waals surface area contributed by atoms with Gasteiger partial charge in [0, 0.05) is 0 Å². The minimum Gasteiger partial charge on any atom is -1.00 e. The van der Waals surface area contributed by atoms with Crippen LogP contribution in [0.15, 0.2) is 0 Å². The minimum absolute atomic E-state index is 0. The third kappa shape index (κ3) is 1330. The van der Waals surface area contributed by atoms with Gasteiger partial charge in [-0.25, -0.2) is 4.79 Å². The third-order valence-corrected chi connectivity index (χ3v) is 0. The molecule has 0 aromatic carbocycles. The van der Waals surface area contributed by atoms with Crippen LogP contribution in [0.2, 0.25) is 0 Å². The van der Waals surface area contributed by atoms with Gasteiger partial charge in [-0.15, -0.1) is 0 Å². The number of hydrogen-bond donors (Lipinski definition) is 4. The van der Waals surface area contributed by atoms with Crippen molar-refractivity contribution in [3.63, 3.8) is 0 Å². The normalized spacial score (nSPS) is 7.55. The molecule has 0 atom stereocenters. The van der Waals surface area contributed by atoms with Gasteiger partial charge in [0.2, 0.25) is 0 Å². The van der Waals surface area contributed by atoms with Crippen LogP contribution in [0, 0.1) is 0 Å². The molecule has 0 aromatic rings. The van der Waals surface area contributed by atoms with Gasteiger partial charge in [0.1, 0.15) is 0 Å². The summed E-state index contributed by atoms with van der Waals surface area (Å²) in [7, 11) is -4.89. The van der Waals surface area contributed by atoms with Crippen molar-refractivity contribution in [3.05, 3.63) is 0 Å². The number of halogens is 1. The molecule has 0 saturated heterocycles. The first-order valence-corrected chi connectivity index (χ1v) is 2.95. The van der Waals surface area contributed by atoms with E-state index in [4.69, 9.17) is 34.3 Å². The molecule has 7 nitrogen and oxygen atoms in total. The summed E-state index contributed by atoms with van der Waals surface area (Å²) in [6.45, 7) is 0. The van der Waals surface area contributed by atoms with Crippen LogP contribution in [0.25, 0.3) is 0 Å². The molecular formula is CH4FO7PSr. The Morgan fingerprint density at radius 2 is 1.27 bits per heavy atom. The average Bonchev–Trinajstić information content (AvgIpc) is 1.19. The summed E-state index contributed by atoms with van der Waals surface area (Å²) in [5, 5.41) is 13.9. The largest absolute Gasteiger partial charge is 2.00 e. The van der Waals surface area contributed by atoms with Gasteiger partial charge in [0.05, 0.1) is 0 Å². The molecule has 0 spiro atoms. The number of carbonyl (C=O) groups is 1. The molecule has 0 fully saturated rings. The molecule has 0 saturated carbocycles. The average molecular weight is 266 g/mol. The number of carboxylic acid groups (broad SMARTS) is 2. The Morgan fingerprint density at radius 3 is 1.27 bits per heavy atom. The molecule has 0 heterocycles. The number of hydrogen-bond acceptors (Lipinski definition) is 3. The van der Waals surface area contributed by atoms with E-state index in [2.05, 4.69) is 0 Å². The van der Waals surface area contributed by atoms with Crippen molar-refractivity contribution in [2.24, 2.45) is 0 Å². The zero-order chi connectivity index (χ0) is 8.08. The Balaban J connectivity index is -0.0000000383. The topological polar surface area (TPSA) is 138 Å². The molecule has 0 bridgehead atoms. The summed E-state index contributed by atoms with van der Waals surface area (Å²) in [6.07, 6.45) is -1.83. The van der Waals surface area contributed by atoms with Crippen molar-refractivity contribution in [2.45, 2.75) is 0 Å². The van der Waals surface area contributed by atoms with E-state index in [0.717, 1.165) is 0 Å². The first kappa shape index (κ1) is 22.6. The molecule has 0 unspecified atom stereocenters. The molecule has 0 aliphatic rings. The summed E-state index contributed by atoms with van der Waals surface area (Å²) < 4.78 is 8.77. The smallest absolute Gasteiger partial charge is 1.00 e. The second-order valence-corrected chi connectivity index (χ2v) is 1.75. The van der Waals surface area contributed by atoms with Gasteiger partial charge < -0.3 is 29.6 Å². The van der Waals surface area contributed by atoms with Crippen LogP contribution < -0.4 is 9.60 Å². The van der Waals surface area contributed by atoms with Crippen LogP contribution in [0.4, 0.5) is 4.79 Å². The first-order valence-electron chi connectivity index (χ1n) is 1.42. The molecule has 64 valence electrons. The Hall–Kier alpha value is 0.791. The molecule has 4 N–H and O–H groups in total.